The molecule has 4 rings (SSSR count). The van der Waals surface area contributed by atoms with Crippen molar-refractivity contribution in [2.24, 2.45) is 40.4 Å². The average Bonchev–Trinajstić information content (AvgIpc) is 2.99. The predicted octanol–water partition coefficient (Wildman–Crippen LogP) is 4.38. The van der Waals surface area contributed by atoms with E-state index >= 15 is 0 Å². The molecule has 2 saturated carbocycles. The van der Waals surface area contributed by atoms with E-state index in [4.69, 9.17) is 5.11 Å². The Morgan fingerprint density at radius 3 is 2.68 bits per heavy atom. The van der Waals surface area contributed by atoms with Crippen LogP contribution in [0.2, 0.25) is 0 Å². The summed E-state index contributed by atoms with van der Waals surface area (Å²) in [5.74, 6) is 1.62. The van der Waals surface area contributed by atoms with Crippen molar-refractivity contribution in [3.63, 3.8) is 0 Å². The molecule has 0 heterocycles. The van der Waals surface area contributed by atoms with Crippen molar-refractivity contribution >= 4 is 11.8 Å². The Morgan fingerprint density at radius 1 is 1.21 bits per heavy atom. The molecule has 0 aromatic rings. The number of hydrogen-bond acceptors (Lipinski definition) is 3. The summed E-state index contributed by atoms with van der Waals surface area (Å²) in [6.45, 7) is 6.91. The molecule has 4 aliphatic carbocycles. The van der Waals surface area contributed by atoms with Crippen LogP contribution in [0.25, 0.3) is 0 Å². The van der Waals surface area contributed by atoms with E-state index in [1.54, 1.807) is 0 Å². The summed E-state index contributed by atoms with van der Waals surface area (Å²) in [5, 5.41) is 19.0. The molecular formula is C24H34O4. The minimum atomic E-state index is -1.25. The van der Waals surface area contributed by atoms with Crippen LogP contribution < -0.4 is 0 Å². The highest BCUT2D eigenvalue weighted by Crippen LogP contribution is 2.66. The standard InChI is InChI=1S/C24H34O4/c1-14(12-21(26)22(27)28)18-6-7-19-17-5-4-15-13-16(25)8-10-23(15,2)20(17)9-11-24(18,19)3/h4-5,13-14,17-21,26H,6-12H2,1-3H3,(H,27,28). The molecule has 2 N–H and O–H groups in total. The van der Waals surface area contributed by atoms with Crippen molar-refractivity contribution < 1.29 is 19.8 Å². The zero-order valence-corrected chi connectivity index (χ0v) is 17.4. The van der Waals surface area contributed by atoms with E-state index in [0.29, 0.717) is 36.5 Å². The van der Waals surface area contributed by atoms with Crippen LogP contribution in [-0.4, -0.2) is 28.1 Å². The second-order valence-corrected chi connectivity index (χ2v) is 10.4. The van der Waals surface area contributed by atoms with E-state index in [9.17, 15) is 14.7 Å². The summed E-state index contributed by atoms with van der Waals surface area (Å²) in [7, 11) is 0. The Labute approximate surface area is 168 Å². The molecule has 4 heteroatoms. The minimum absolute atomic E-state index is 0.123. The number of allylic oxidation sites excluding steroid dienone is 4. The second-order valence-electron chi connectivity index (χ2n) is 10.4. The number of aliphatic hydroxyl groups excluding tert-OH is 1. The Hall–Kier alpha value is -1.42. The molecule has 4 nitrogen and oxygen atoms in total. The first-order chi connectivity index (χ1) is 13.2. The monoisotopic (exact) mass is 386 g/mol. The number of aliphatic hydroxyl groups is 1. The van der Waals surface area contributed by atoms with Gasteiger partial charge in [-0.05, 0) is 90.6 Å². The number of aliphatic carboxylic acids is 1. The Kier molecular flexibility index (Phi) is 4.85. The van der Waals surface area contributed by atoms with Crippen molar-refractivity contribution in [2.75, 3.05) is 0 Å². The van der Waals surface area contributed by atoms with Gasteiger partial charge >= 0.3 is 5.97 Å². The molecule has 4 aliphatic rings. The molecule has 0 radical (unpaired) electrons. The zero-order chi connectivity index (χ0) is 20.3. The lowest BCUT2D eigenvalue weighted by molar-refractivity contribution is -0.148. The van der Waals surface area contributed by atoms with Crippen LogP contribution in [0.3, 0.4) is 0 Å². The van der Waals surface area contributed by atoms with Crippen molar-refractivity contribution in [3.8, 4) is 0 Å². The first-order valence-corrected chi connectivity index (χ1v) is 11.0. The summed E-state index contributed by atoms with van der Waals surface area (Å²) >= 11 is 0. The number of carboxylic acids is 1. The molecule has 0 bridgehead atoms. The molecule has 154 valence electrons. The molecule has 0 spiro atoms. The van der Waals surface area contributed by atoms with Gasteiger partial charge in [0.2, 0.25) is 0 Å². The molecule has 8 atom stereocenters. The maximum atomic E-state index is 11.9. The van der Waals surface area contributed by atoms with Crippen LogP contribution in [0.4, 0.5) is 0 Å². The van der Waals surface area contributed by atoms with Crippen LogP contribution >= 0.6 is 0 Å². The fourth-order valence-electron chi connectivity index (χ4n) is 7.59. The van der Waals surface area contributed by atoms with E-state index in [2.05, 4.69) is 32.9 Å². The summed E-state index contributed by atoms with van der Waals surface area (Å²) < 4.78 is 0. The van der Waals surface area contributed by atoms with Gasteiger partial charge in [-0.15, -0.1) is 0 Å². The van der Waals surface area contributed by atoms with Gasteiger partial charge in [0.05, 0.1) is 0 Å². The molecule has 0 aromatic heterocycles. The van der Waals surface area contributed by atoms with Crippen LogP contribution in [-0.2, 0) is 9.59 Å². The Balaban J connectivity index is 1.58. The van der Waals surface area contributed by atoms with E-state index in [0.717, 1.165) is 12.8 Å². The molecule has 0 aromatic carbocycles. The number of carboxylic acid groups (broad SMARTS) is 1. The summed E-state index contributed by atoms with van der Waals surface area (Å²) in [5.41, 5.74) is 1.57. The highest BCUT2D eigenvalue weighted by atomic mass is 16.4. The van der Waals surface area contributed by atoms with E-state index in [1.165, 1.54) is 24.8 Å². The maximum Gasteiger partial charge on any atom is 0.332 e. The molecule has 0 saturated heterocycles. The lowest BCUT2D eigenvalue weighted by Crippen LogP contribution is -2.49. The normalized spacial score (nSPS) is 44.1. The number of fused-ring (bicyclic) bond motifs is 5. The first-order valence-electron chi connectivity index (χ1n) is 11.0. The molecular weight excluding hydrogens is 352 g/mol. The van der Waals surface area contributed by atoms with Gasteiger partial charge in [0.15, 0.2) is 11.9 Å². The maximum absolute atomic E-state index is 11.9. The molecule has 8 unspecified atom stereocenters. The van der Waals surface area contributed by atoms with Gasteiger partial charge in [0, 0.05) is 6.42 Å². The lowest BCUT2D eigenvalue weighted by atomic mass is 9.48. The van der Waals surface area contributed by atoms with Gasteiger partial charge in [0.25, 0.3) is 0 Å². The number of ketones is 1. The van der Waals surface area contributed by atoms with E-state index in [1.807, 2.05) is 6.08 Å². The number of carbonyl (C=O) groups is 2. The van der Waals surface area contributed by atoms with Gasteiger partial charge in [-0.3, -0.25) is 4.79 Å². The van der Waals surface area contributed by atoms with E-state index in [-0.39, 0.29) is 22.5 Å². The number of rotatable bonds is 4. The lowest BCUT2D eigenvalue weighted by Gasteiger charge is -2.56. The zero-order valence-electron chi connectivity index (χ0n) is 17.4. The predicted molar refractivity (Wildman–Crippen MR) is 108 cm³/mol. The summed E-state index contributed by atoms with van der Waals surface area (Å²) in [6, 6.07) is 0. The Bertz CT molecular complexity index is 737. The van der Waals surface area contributed by atoms with Gasteiger partial charge in [0.1, 0.15) is 0 Å². The molecule has 2 fully saturated rings. The van der Waals surface area contributed by atoms with Crippen molar-refractivity contribution in [2.45, 2.75) is 71.8 Å². The van der Waals surface area contributed by atoms with Gasteiger partial charge < -0.3 is 10.2 Å². The number of hydrogen-bond donors (Lipinski definition) is 2. The van der Waals surface area contributed by atoms with Crippen LogP contribution in [0.1, 0.15) is 65.7 Å². The van der Waals surface area contributed by atoms with E-state index < -0.39 is 12.1 Å². The fourth-order valence-corrected chi connectivity index (χ4v) is 7.59. The number of carbonyl (C=O) groups excluding carboxylic acids is 1. The smallest absolute Gasteiger partial charge is 0.332 e. The molecule has 0 aliphatic heterocycles. The topological polar surface area (TPSA) is 74.6 Å². The highest BCUT2D eigenvalue weighted by Gasteiger charge is 2.58. The SMILES string of the molecule is CC(CC(O)C(=O)O)C1CCC2C3C=CC4=CC(=O)CCC4(C)C3CCC12C. The molecule has 0 amide bonds. The third-order valence-corrected chi connectivity index (χ3v) is 9.16. The molecule has 28 heavy (non-hydrogen) atoms. The van der Waals surface area contributed by atoms with Crippen LogP contribution in [0, 0.1) is 40.4 Å². The van der Waals surface area contributed by atoms with Crippen molar-refractivity contribution in [3.05, 3.63) is 23.8 Å². The van der Waals surface area contributed by atoms with Gasteiger partial charge in [-0.1, -0.05) is 32.9 Å². The van der Waals surface area contributed by atoms with Crippen molar-refractivity contribution in [1.29, 1.82) is 0 Å². The summed E-state index contributed by atoms with van der Waals surface area (Å²) in [6.07, 6.45) is 11.9. The van der Waals surface area contributed by atoms with Crippen LogP contribution in [0.5, 0.6) is 0 Å². The van der Waals surface area contributed by atoms with Gasteiger partial charge in [-0.25, -0.2) is 4.79 Å². The van der Waals surface area contributed by atoms with Crippen molar-refractivity contribution in [1.82, 2.24) is 0 Å². The summed E-state index contributed by atoms with van der Waals surface area (Å²) in [4.78, 5) is 23.0. The third-order valence-electron chi connectivity index (χ3n) is 9.16. The van der Waals surface area contributed by atoms with Gasteiger partial charge in [-0.2, -0.15) is 0 Å². The first kappa shape index (κ1) is 19.9. The average molecular weight is 387 g/mol. The second kappa shape index (κ2) is 6.83. The fraction of sp³-hybridized carbons (Fsp3) is 0.750. The Morgan fingerprint density at radius 2 is 1.96 bits per heavy atom. The highest BCUT2D eigenvalue weighted by molar-refractivity contribution is 5.92. The minimum Gasteiger partial charge on any atom is -0.479 e. The quantitative estimate of drug-likeness (QED) is 0.752. The largest absolute Gasteiger partial charge is 0.479 e. The third kappa shape index (κ3) is 2.91. The van der Waals surface area contributed by atoms with Crippen LogP contribution in [0.15, 0.2) is 23.8 Å².